The predicted octanol–water partition coefficient (Wildman–Crippen LogP) is 4.40. The molecular formula is C28H38O6. The second kappa shape index (κ2) is 8.27. The summed E-state index contributed by atoms with van der Waals surface area (Å²) in [6.45, 7) is 13.0. The Hall–Kier alpha value is -2.05. The third-order valence-corrected chi connectivity index (χ3v) is 8.98. The number of aliphatic hydroxyl groups is 1. The fraction of sp³-hybridized carbons (Fsp3) is 0.679. The number of ether oxygens (including phenoxy) is 2. The molecule has 0 radical (unpaired) electrons. The molecule has 6 atom stereocenters. The Labute approximate surface area is 202 Å². The van der Waals surface area contributed by atoms with Crippen LogP contribution < -0.4 is 0 Å². The summed E-state index contributed by atoms with van der Waals surface area (Å²) in [7, 11) is 0. The summed E-state index contributed by atoms with van der Waals surface area (Å²) in [5, 5.41) is 10.5. The smallest absolute Gasteiger partial charge is 0.224 e. The molecule has 0 aromatic carbocycles. The number of hydrogen-bond donors (Lipinski definition) is 1. The van der Waals surface area contributed by atoms with Crippen molar-refractivity contribution in [2.45, 2.75) is 104 Å². The fourth-order valence-corrected chi connectivity index (χ4v) is 6.56. The maximum Gasteiger partial charge on any atom is 0.224 e. The molecule has 1 saturated carbocycles. The van der Waals surface area contributed by atoms with E-state index in [0.717, 1.165) is 19.3 Å². The molecule has 6 nitrogen and oxygen atoms in total. The minimum absolute atomic E-state index is 0.0104. The van der Waals surface area contributed by atoms with Crippen molar-refractivity contribution in [3.05, 3.63) is 34.6 Å². The van der Waals surface area contributed by atoms with Gasteiger partial charge in [-0.15, -0.1) is 0 Å². The molecule has 2 fully saturated rings. The van der Waals surface area contributed by atoms with Gasteiger partial charge in [0.2, 0.25) is 5.78 Å². The largest absolute Gasteiger partial charge is 0.483 e. The van der Waals surface area contributed by atoms with Crippen molar-refractivity contribution in [3.63, 3.8) is 0 Å². The number of ketones is 3. The second-order valence-corrected chi connectivity index (χ2v) is 11.7. The van der Waals surface area contributed by atoms with E-state index in [1.807, 2.05) is 6.92 Å². The lowest BCUT2D eigenvalue weighted by atomic mass is 9.53. The third-order valence-electron chi connectivity index (χ3n) is 8.98. The van der Waals surface area contributed by atoms with Crippen LogP contribution in [0.25, 0.3) is 0 Å². The summed E-state index contributed by atoms with van der Waals surface area (Å²) < 4.78 is 12.9. The van der Waals surface area contributed by atoms with Crippen molar-refractivity contribution in [3.8, 4) is 0 Å². The molecule has 1 N–H and O–H groups in total. The first-order valence-electron chi connectivity index (χ1n) is 12.5. The van der Waals surface area contributed by atoms with Gasteiger partial charge in [-0.2, -0.15) is 0 Å². The van der Waals surface area contributed by atoms with E-state index in [1.165, 1.54) is 6.08 Å². The highest BCUT2D eigenvalue weighted by Gasteiger charge is 2.61. The highest BCUT2D eigenvalue weighted by atomic mass is 16.5. The number of fused-ring (bicyclic) bond motifs is 3. The van der Waals surface area contributed by atoms with E-state index < -0.39 is 17.1 Å². The highest BCUT2D eigenvalue weighted by Crippen LogP contribution is 2.59. The topological polar surface area (TPSA) is 89.9 Å². The van der Waals surface area contributed by atoms with Gasteiger partial charge in [0, 0.05) is 28.4 Å². The van der Waals surface area contributed by atoms with Gasteiger partial charge in [-0.1, -0.05) is 19.9 Å². The zero-order chi connectivity index (χ0) is 25.2. The monoisotopic (exact) mass is 470 g/mol. The van der Waals surface area contributed by atoms with Crippen LogP contribution in [0.5, 0.6) is 0 Å². The first kappa shape index (κ1) is 25.1. The summed E-state index contributed by atoms with van der Waals surface area (Å²) in [6.07, 6.45) is 6.31. The van der Waals surface area contributed by atoms with E-state index in [0.29, 0.717) is 24.0 Å². The molecule has 4 rings (SSSR count). The third kappa shape index (κ3) is 3.83. The molecule has 2 heterocycles. The van der Waals surface area contributed by atoms with Crippen LogP contribution in [-0.2, 0) is 23.9 Å². The Balaban J connectivity index is 1.64. The SMILES string of the molecule is C/C=C(\C)C(=O)[C@@H](C)C1=CC(=O)C2=C(O[C@@]3(C)CC[C@H]4O[C@@H](C(C)(C)O)CC[C@]4(C)C3C2)C1=O. The molecular weight excluding hydrogens is 432 g/mol. The highest BCUT2D eigenvalue weighted by molar-refractivity contribution is 6.24. The molecule has 1 saturated heterocycles. The van der Waals surface area contributed by atoms with Gasteiger partial charge in [0.05, 0.1) is 17.8 Å². The molecule has 2 aliphatic carbocycles. The second-order valence-electron chi connectivity index (χ2n) is 11.7. The first-order chi connectivity index (χ1) is 15.7. The van der Waals surface area contributed by atoms with Crippen molar-refractivity contribution in [1.29, 1.82) is 0 Å². The molecule has 1 unspecified atom stereocenters. The van der Waals surface area contributed by atoms with Crippen molar-refractivity contribution in [1.82, 2.24) is 0 Å². The summed E-state index contributed by atoms with van der Waals surface area (Å²) in [6, 6.07) is 0. The minimum Gasteiger partial charge on any atom is -0.483 e. The molecule has 0 bridgehead atoms. The number of allylic oxidation sites excluding steroid dienone is 5. The van der Waals surface area contributed by atoms with Crippen molar-refractivity contribution >= 4 is 17.3 Å². The summed E-state index contributed by atoms with van der Waals surface area (Å²) in [5.41, 5.74) is -0.533. The lowest BCUT2D eigenvalue weighted by Crippen LogP contribution is -2.62. The van der Waals surface area contributed by atoms with Gasteiger partial charge >= 0.3 is 0 Å². The Morgan fingerprint density at radius 3 is 2.53 bits per heavy atom. The molecule has 34 heavy (non-hydrogen) atoms. The standard InChI is InChI=1S/C28H38O6/c1-8-15(2)23(30)16(3)17-13-19(29)18-14-20-27(6)11-9-21(26(4,5)32)33-22(27)10-12-28(20,7)34-25(18)24(17)31/h8,13,16,20-22,32H,9-12,14H2,1-7H3/b15-8+/t16-,20?,21+,22+,27+,28-/m0/s1. The molecule has 186 valence electrons. The van der Waals surface area contributed by atoms with Gasteiger partial charge in [0.25, 0.3) is 0 Å². The zero-order valence-electron chi connectivity index (χ0n) is 21.5. The van der Waals surface area contributed by atoms with Gasteiger partial charge in [-0.05, 0) is 78.4 Å². The van der Waals surface area contributed by atoms with E-state index in [9.17, 15) is 19.5 Å². The van der Waals surface area contributed by atoms with Gasteiger partial charge in [0.1, 0.15) is 5.60 Å². The normalized spacial score (nSPS) is 37.2. The number of carbonyl (C=O) groups is 3. The molecule has 0 amide bonds. The van der Waals surface area contributed by atoms with Crippen LogP contribution in [0.15, 0.2) is 34.6 Å². The van der Waals surface area contributed by atoms with Crippen LogP contribution in [0.4, 0.5) is 0 Å². The number of Topliss-reactive ketones (excluding diaryl/α,β-unsaturated/α-hetero) is 2. The van der Waals surface area contributed by atoms with E-state index in [4.69, 9.17) is 9.47 Å². The lowest BCUT2D eigenvalue weighted by molar-refractivity contribution is -0.245. The molecule has 0 spiro atoms. The Bertz CT molecular complexity index is 1020. The fourth-order valence-electron chi connectivity index (χ4n) is 6.56. The summed E-state index contributed by atoms with van der Waals surface area (Å²) in [5.74, 6) is -1.29. The van der Waals surface area contributed by atoms with Gasteiger partial charge in [-0.3, -0.25) is 14.4 Å². The average Bonchev–Trinajstić information content (AvgIpc) is 2.77. The van der Waals surface area contributed by atoms with E-state index in [1.54, 1.807) is 40.7 Å². The minimum atomic E-state index is -0.909. The van der Waals surface area contributed by atoms with Crippen LogP contribution in [0.2, 0.25) is 0 Å². The maximum atomic E-state index is 13.5. The number of rotatable bonds is 4. The quantitative estimate of drug-likeness (QED) is 0.484. The van der Waals surface area contributed by atoms with Gasteiger partial charge in [0.15, 0.2) is 17.3 Å². The Morgan fingerprint density at radius 1 is 1.24 bits per heavy atom. The van der Waals surface area contributed by atoms with Crippen LogP contribution >= 0.6 is 0 Å². The first-order valence-corrected chi connectivity index (χ1v) is 12.5. The average molecular weight is 471 g/mol. The van der Waals surface area contributed by atoms with E-state index >= 15 is 0 Å². The number of carbonyl (C=O) groups excluding carboxylic acids is 3. The summed E-state index contributed by atoms with van der Waals surface area (Å²) in [4.78, 5) is 39.4. The van der Waals surface area contributed by atoms with Crippen molar-refractivity contribution < 1.29 is 29.0 Å². The van der Waals surface area contributed by atoms with Crippen molar-refractivity contribution in [2.24, 2.45) is 17.3 Å². The van der Waals surface area contributed by atoms with Crippen LogP contribution in [-0.4, -0.2) is 45.9 Å². The molecule has 0 aromatic heterocycles. The molecule has 0 aromatic rings. The summed E-state index contributed by atoms with van der Waals surface area (Å²) >= 11 is 0. The zero-order valence-corrected chi connectivity index (χ0v) is 21.5. The van der Waals surface area contributed by atoms with Crippen LogP contribution in [0.3, 0.4) is 0 Å². The Kier molecular flexibility index (Phi) is 6.09. The van der Waals surface area contributed by atoms with Gasteiger partial charge in [-0.25, -0.2) is 0 Å². The predicted molar refractivity (Wildman–Crippen MR) is 128 cm³/mol. The Morgan fingerprint density at radius 2 is 1.91 bits per heavy atom. The molecule has 6 heteroatoms. The van der Waals surface area contributed by atoms with Crippen LogP contribution in [0.1, 0.15) is 80.6 Å². The lowest BCUT2D eigenvalue weighted by Gasteiger charge is -2.60. The molecule has 4 aliphatic rings. The number of hydrogen-bond acceptors (Lipinski definition) is 6. The van der Waals surface area contributed by atoms with Crippen molar-refractivity contribution in [2.75, 3.05) is 0 Å². The van der Waals surface area contributed by atoms with Gasteiger partial charge < -0.3 is 14.6 Å². The van der Waals surface area contributed by atoms with Crippen LogP contribution in [0, 0.1) is 17.3 Å². The molecule has 2 aliphatic heterocycles. The van der Waals surface area contributed by atoms with E-state index in [2.05, 4.69) is 6.92 Å². The maximum absolute atomic E-state index is 13.5. The van der Waals surface area contributed by atoms with E-state index in [-0.39, 0.29) is 52.2 Å².